The molecule has 2 aliphatic heterocycles. The van der Waals surface area contributed by atoms with Crippen molar-refractivity contribution >= 4 is 17.3 Å². The zero-order valence-electron chi connectivity index (χ0n) is 14.4. The van der Waals surface area contributed by atoms with Gasteiger partial charge in [-0.1, -0.05) is 29.8 Å². The van der Waals surface area contributed by atoms with Gasteiger partial charge in [-0.25, -0.2) is 0 Å². The fraction of sp³-hybridized carbons (Fsp3) is 0.200. The van der Waals surface area contributed by atoms with Crippen LogP contribution in [0.5, 0.6) is 0 Å². The molecule has 3 rings (SSSR count). The zero-order chi connectivity index (χ0) is 17.6. The van der Waals surface area contributed by atoms with Gasteiger partial charge < -0.3 is 21.5 Å². The molecule has 0 amide bonds. The van der Waals surface area contributed by atoms with Crippen LogP contribution in [0.15, 0.2) is 83.4 Å². The van der Waals surface area contributed by atoms with Crippen molar-refractivity contribution in [3.05, 3.63) is 88.4 Å². The highest BCUT2D eigenvalue weighted by Crippen LogP contribution is 2.28. The second-order valence-electron chi connectivity index (χ2n) is 6.00. The van der Waals surface area contributed by atoms with Crippen LogP contribution in [0.1, 0.15) is 20.3 Å². The van der Waals surface area contributed by atoms with Gasteiger partial charge in [0.25, 0.3) is 0 Å². The van der Waals surface area contributed by atoms with Gasteiger partial charge in [0.2, 0.25) is 0 Å². The first-order valence-corrected chi connectivity index (χ1v) is 8.73. The van der Waals surface area contributed by atoms with Crippen molar-refractivity contribution < 1.29 is 0 Å². The average molecular weight is 355 g/mol. The fourth-order valence-electron chi connectivity index (χ4n) is 2.84. The fourth-order valence-corrected chi connectivity index (χ4v) is 2.97. The van der Waals surface area contributed by atoms with Crippen LogP contribution >= 0.6 is 11.6 Å². The topological polar surface area (TPSA) is 48.1 Å². The number of halogens is 1. The maximum absolute atomic E-state index is 5.92. The maximum Gasteiger partial charge on any atom is 0.122 e. The highest BCUT2D eigenvalue weighted by Gasteiger charge is 2.23. The zero-order valence-corrected chi connectivity index (χ0v) is 15.2. The van der Waals surface area contributed by atoms with Crippen molar-refractivity contribution in [2.24, 2.45) is 0 Å². The molecule has 0 aromatic heterocycles. The number of fused-ring (bicyclic) bond motifs is 1. The number of dihydropyridines is 1. The Kier molecular flexibility index (Phi) is 5.51. The van der Waals surface area contributed by atoms with Crippen LogP contribution in [0.4, 0.5) is 5.69 Å². The Balaban J connectivity index is 1.70. The summed E-state index contributed by atoms with van der Waals surface area (Å²) in [7, 11) is 0. The predicted molar refractivity (Wildman–Crippen MR) is 106 cm³/mol. The SMILES string of the molecule is C/C=C\C(CC1=CNC2NC=CC=C12)=C(\C)NNc1ccc(Cl)cc1. The van der Waals surface area contributed by atoms with Gasteiger partial charge in [-0.3, -0.25) is 0 Å². The molecule has 0 fully saturated rings. The monoisotopic (exact) mass is 354 g/mol. The predicted octanol–water partition coefficient (Wildman–Crippen LogP) is 4.35. The largest absolute Gasteiger partial charge is 0.368 e. The summed E-state index contributed by atoms with van der Waals surface area (Å²) < 4.78 is 0. The molecule has 2 heterocycles. The Bertz CT molecular complexity index is 769. The number of benzene rings is 1. The second-order valence-corrected chi connectivity index (χ2v) is 6.44. The van der Waals surface area contributed by atoms with Gasteiger partial charge in [0.05, 0.1) is 5.69 Å². The molecule has 1 atom stereocenters. The number of rotatable bonds is 6. The van der Waals surface area contributed by atoms with Crippen LogP contribution in [0, 0.1) is 0 Å². The minimum absolute atomic E-state index is 0.187. The van der Waals surface area contributed by atoms with E-state index < -0.39 is 0 Å². The minimum atomic E-state index is 0.187. The van der Waals surface area contributed by atoms with E-state index in [4.69, 9.17) is 11.6 Å². The molecule has 0 bridgehead atoms. The second kappa shape index (κ2) is 7.99. The number of hydrogen-bond acceptors (Lipinski definition) is 4. The lowest BCUT2D eigenvalue weighted by Gasteiger charge is -2.19. The Morgan fingerprint density at radius 3 is 2.80 bits per heavy atom. The van der Waals surface area contributed by atoms with E-state index in [-0.39, 0.29) is 6.17 Å². The minimum Gasteiger partial charge on any atom is -0.368 e. The van der Waals surface area contributed by atoms with E-state index in [1.165, 1.54) is 16.7 Å². The van der Waals surface area contributed by atoms with Gasteiger partial charge in [0.1, 0.15) is 6.17 Å². The highest BCUT2D eigenvalue weighted by atomic mass is 35.5. The van der Waals surface area contributed by atoms with Crippen molar-refractivity contribution in [2.45, 2.75) is 26.4 Å². The molecule has 1 unspecified atom stereocenters. The van der Waals surface area contributed by atoms with E-state index in [1.54, 1.807) is 0 Å². The lowest BCUT2D eigenvalue weighted by molar-refractivity contribution is 0.632. The van der Waals surface area contributed by atoms with Crippen molar-refractivity contribution in [3.8, 4) is 0 Å². The first kappa shape index (κ1) is 17.2. The van der Waals surface area contributed by atoms with Crippen molar-refractivity contribution in [3.63, 3.8) is 0 Å². The Hall–Kier alpha value is -2.59. The Morgan fingerprint density at radius 2 is 2.04 bits per heavy atom. The van der Waals surface area contributed by atoms with Crippen molar-refractivity contribution in [1.29, 1.82) is 0 Å². The number of allylic oxidation sites excluding steroid dienone is 6. The molecule has 0 saturated carbocycles. The smallest absolute Gasteiger partial charge is 0.122 e. The summed E-state index contributed by atoms with van der Waals surface area (Å²) >= 11 is 5.92. The summed E-state index contributed by atoms with van der Waals surface area (Å²) in [6.45, 7) is 4.11. The first-order valence-electron chi connectivity index (χ1n) is 8.35. The van der Waals surface area contributed by atoms with E-state index >= 15 is 0 Å². The number of nitrogens with one attached hydrogen (secondary N) is 4. The van der Waals surface area contributed by atoms with E-state index in [1.807, 2.05) is 43.5 Å². The molecule has 5 heteroatoms. The van der Waals surface area contributed by atoms with Crippen LogP contribution < -0.4 is 21.5 Å². The normalized spacial score (nSPS) is 19.4. The van der Waals surface area contributed by atoms with Gasteiger partial charge in [0.15, 0.2) is 0 Å². The quantitative estimate of drug-likeness (QED) is 0.453. The van der Waals surface area contributed by atoms with Gasteiger partial charge in [-0.05, 0) is 67.1 Å². The molecule has 4 nitrogen and oxygen atoms in total. The van der Waals surface area contributed by atoms with E-state index in [9.17, 15) is 0 Å². The molecule has 1 aromatic carbocycles. The summed E-state index contributed by atoms with van der Waals surface area (Å²) in [5, 5.41) is 7.41. The maximum atomic E-state index is 5.92. The Labute approximate surface area is 154 Å². The average Bonchev–Trinajstić information content (AvgIpc) is 3.04. The summed E-state index contributed by atoms with van der Waals surface area (Å²) in [5.74, 6) is 0. The van der Waals surface area contributed by atoms with E-state index in [0.717, 1.165) is 22.8 Å². The van der Waals surface area contributed by atoms with Crippen molar-refractivity contribution in [1.82, 2.24) is 16.1 Å². The molecule has 2 aliphatic rings. The van der Waals surface area contributed by atoms with Crippen LogP contribution in [-0.2, 0) is 0 Å². The first-order chi connectivity index (χ1) is 12.2. The lowest BCUT2D eigenvalue weighted by Crippen LogP contribution is -2.35. The van der Waals surface area contributed by atoms with Gasteiger partial charge in [0, 0.05) is 23.3 Å². The van der Waals surface area contributed by atoms with Crippen LogP contribution in [0.2, 0.25) is 5.02 Å². The third-order valence-electron chi connectivity index (χ3n) is 4.21. The van der Waals surface area contributed by atoms with Crippen molar-refractivity contribution in [2.75, 3.05) is 5.43 Å². The molecule has 0 radical (unpaired) electrons. The third-order valence-corrected chi connectivity index (χ3v) is 4.46. The van der Waals surface area contributed by atoms with Gasteiger partial charge >= 0.3 is 0 Å². The molecule has 0 saturated heterocycles. The molecule has 0 aliphatic carbocycles. The molecule has 1 aromatic rings. The van der Waals surface area contributed by atoms with Gasteiger partial charge in [-0.2, -0.15) is 0 Å². The standard InChI is InChI=1S/C20H23ClN4/c1-3-5-15(12-16-13-23-20-19(16)6-4-11-22-20)14(2)24-25-18-9-7-17(21)8-10-18/h3-11,13,20,22-25H,12H2,1-2H3/b5-3-,15-14+. The molecule has 25 heavy (non-hydrogen) atoms. The Morgan fingerprint density at radius 1 is 1.24 bits per heavy atom. The number of hydrogen-bond donors (Lipinski definition) is 4. The molecule has 0 spiro atoms. The third kappa shape index (κ3) is 4.28. The molecule has 130 valence electrons. The summed E-state index contributed by atoms with van der Waals surface area (Å²) in [5.41, 5.74) is 12.4. The summed E-state index contributed by atoms with van der Waals surface area (Å²) in [6, 6.07) is 7.61. The van der Waals surface area contributed by atoms with Crippen LogP contribution in [-0.4, -0.2) is 6.17 Å². The summed E-state index contributed by atoms with van der Waals surface area (Å²) in [6.07, 6.45) is 13.5. The lowest BCUT2D eigenvalue weighted by atomic mass is 9.96. The van der Waals surface area contributed by atoms with Crippen LogP contribution in [0.25, 0.3) is 0 Å². The highest BCUT2D eigenvalue weighted by molar-refractivity contribution is 6.30. The molecule has 4 N–H and O–H groups in total. The summed E-state index contributed by atoms with van der Waals surface area (Å²) in [4.78, 5) is 0. The van der Waals surface area contributed by atoms with E-state index in [2.05, 4.69) is 52.8 Å². The van der Waals surface area contributed by atoms with Gasteiger partial charge in [-0.15, -0.1) is 0 Å². The molecular formula is C20H23ClN4. The van der Waals surface area contributed by atoms with Crippen LogP contribution in [0.3, 0.4) is 0 Å². The number of anilines is 1. The van der Waals surface area contributed by atoms with E-state index in [0.29, 0.717) is 0 Å². The number of hydrazine groups is 1. The molecular weight excluding hydrogens is 332 g/mol.